The van der Waals surface area contributed by atoms with Gasteiger partial charge in [0, 0.05) is 13.0 Å². The molecule has 400 valence electrons. The highest BCUT2D eigenvalue weighted by Crippen LogP contribution is 2.26. The first kappa shape index (κ1) is 64.3. The number of unbranched alkanes of at least 4 members (excludes halogenated alkanes) is 30. The third-order valence-electron chi connectivity index (χ3n) is 12.8. The lowest BCUT2D eigenvalue weighted by molar-refractivity contribution is -0.301. The second kappa shape index (κ2) is 46.4. The topological polar surface area (TPSA) is 178 Å². The van der Waals surface area contributed by atoms with Crippen LogP contribution in [0, 0.1) is 0 Å². The normalized spacial score (nSPS) is 19.5. The zero-order chi connectivity index (χ0) is 49.6. The van der Waals surface area contributed by atoms with Gasteiger partial charge in [-0.3, -0.25) is 9.35 Å². The Bertz CT molecular complexity index is 1320. The van der Waals surface area contributed by atoms with Gasteiger partial charge in [0.25, 0.3) is 0 Å². The van der Waals surface area contributed by atoms with Gasteiger partial charge in [-0.1, -0.05) is 230 Å². The lowest BCUT2D eigenvalue weighted by Gasteiger charge is -2.41. The van der Waals surface area contributed by atoms with Crippen molar-refractivity contribution in [2.45, 2.75) is 282 Å². The van der Waals surface area contributed by atoms with Gasteiger partial charge in [-0.2, -0.15) is 8.42 Å². The molecule has 0 spiro atoms. The van der Waals surface area contributed by atoms with Crippen LogP contribution in [-0.4, -0.2) is 97.5 Å². The van der Waals surface area contributed by atoms with Gasteiger partial charge in [-0.25, -0.2) is 4.18 Å². The van der Waals surface area contributed by atoms with E-state index >= 15 is 0 Å². The summed E-state index contributed by atoms with van der Waals surface area (Å²) in [5, 5.41) is 30.8. The van der Waals surface area contributed by atoms with Crippen molar-refractivity contribution in [2.75, 3.05) is 26.4 Å². The summed E-state index contributed by atoms with van der Waals surface area (Å²) < 4.78 is 59.3. The number of aliphatic hydroxyl groups excluding tert-OH is 3. The molecule has 1 saturated heterocycles. The summed E-state index contributed by atoms with van der Waals surface area (Å²) in [5.74, 6) is -0.412. The first-order valence-corrected chi connectivity index (χ1v) is 29.1. The van der Waals surface area contributed by atoms with Gasteiger partial charge in [0.05, 0.1) is 19.8 Å². The van der Waals surface area contributed by atoms with Crippen LogP contribution in [0.25, 0.3) is 0 Å². The summed E-state index contributed by atoms with van der Waals surface area (Å²) in [6, 6.07) is 0. The van der Waals surface area contributed by atoms with Crippen LogP contribution < -0.4 is 0 Å². The van der Waals surface area contributed by atoms with Crippen LogP contribution in [0.3, 0.4) is 0 Å². The molecule has 13 heteroatoms. The zero-order valence-corrected chi connectivity index (χ0v) is 44.0. The summed E-state index contributed by atoms with van der Waals surface area (Å²) in [6.45, 7) is 3.90. The Morgan fingerprint density at radius 3 is 1.49 bits per heavy atom. The summed E-state index contributed by atoms with van der Waals surface area (Å²) in [5.41, 5.74) is 0. The molecule has 0 radical (unpaired) electrons. The van der Waals surface area contributed by atoms with Crippen molar-refractivity contribution in [2.24, 2.45) is 0 Å². The van der Waals surface area contributed by atoms with E-state index in [1.54, 1.807) is 0 Å². The van der Waals surface area contributed by atoms with Gasteiger partial charge in [0.15, 0.2) is 6.29 Å². The van der Waals surface area contributed by atoms with Gasteiger partial charge < -0.3 is 34.3 Å². The number of carbonyl (C=O) groups is 1. The Kier molecular flexibility index (Phi) is 43.9. The molecule has 68 heavy (non-hydrogen) atoms. The minimum Gasteiger partial charge on any atom is -0.457 e. The first-order valence-electron chi connectivity index (χ1n) is 27.7. The van der Waals surface area contributed by atoms with E-state index in [1.165, 1.54) is 148 Å². The second-order valence-corrected chi connectivity index (χ2v) is 20.2. The smallest absolute Gasteiger partial charge is 0.397 e. The van der Waals surface area contributed by atoms with Crippen molar-refractivity contribution in [1.82, 2.24) is 0 Å². The van der Waals surface area contributed by atoms with Crippen molar-refractivity contribution in [3.8, 4) is 0 Å². The fourth-order valence-electron chi connectivity index (χ4n) is 8.63. The SMILES string of the molecule is CC/C=C\C/C=C\C/C=C\CCCCCCCC(=O)OC(COCCCCCCCCCCCCCCCCCCCCCCCCCCCC)COC1OC(CO)C(O)C(OS(=O)(=O)O)C1O. The van der Waals surface area contributed by atoms with Crippen molar-refractivity contribution in [1.29, 1.82) is 0 Å². The third kappa shape index (κ3) is 39.0. The Hall–Kier alpha value is -1.68. The van der Waals surface area contributed by atoms with Gasteiger partial charge in [-0.15, -0.1) is 0 Å². The lowest BCUT2D eigenvalue weighted by Crippen LogP contribution is -2.60. The third-order valence-corrected chi connectivity index (χ3v) is 13.2. The molecule has 0 amide bonds. The maximum atomic E-state index is 12.9. The van der Waals surface area contributed by atoms with Gasteiger partial charge in [0.2, 0.25) is 0 Å². The van der Waals surface area contributed by atoms with Gasteiger partial charge >= 0.3 is 16.4 Å². The molecule has 1 heterocycles. The van der Waals surface area contributed by atoms with E-state index in [0.29, 0.717) is 13.0 Å². The molecule has 4 N–H and O–H groups in total. The molecule has 1 aliphatic heterocycles. The predicted octanol–water partition coefficient (Wildman–Crippen LogP) is 13.3. The van der Waals surface area contributed by atoms with Crippen LogP contribution in [0.15, 0.2) is 36.5 Å². The minimum atomic E-state index is -5.07. The van der Waals surface area contributed by atoms with E-state index in [1.807, 2.05) is 0 Å². The van der Waals surface area contributed by atoms with E-state index in [4.69, 9.17) is 18.9 Å². The molecular weight excluding hydrogens is 885 g/mol. The highest BCUT2D eigenvalue weighted by molar-refractivity contribution is 7.80. The Balaban J connectivity index is 2.27. The average molecular weight is 987 g/mol. The molecule has 1 fully saturated rings. The monoisotopic (exact) mass is 987 g/mol. The number of carbonyl (C=O) groups excluding carboxylic acids is 1. The predicted molar refractivity (Wildman–Crippen MR) is 276 cm³/mol. The van der Waals surface area contributed by atoms with Crippen LogP contribution >= 0.6 is 0 Å². The fraction of sp³-hybridized carbons (Fsp3) is 0.873. The first-order chi connectivity index (χ1) is 33.1. The van der Waals surface area contributed by atoms with E-state index in [2.05, 4.69) is 54.5 Å². The molecule has 0 aromatic carbocycles. The van der Waals surface area contributed by atoms with E-state index < -0.39 is 59.8 Å². The van der Waals surface area contributed by atoms with Crippen LogP contribution in [0.5, 0.6) is 0 Å². The molecule has 0 bridgehead atoms. The molecule has 1 rings (SSSR count). The van der Waals surface area contributed by atoms with Gasteiger partial charge in [-0.05, 0) is 44.9 Å². The number of hydrogen-bond donors (Lipinski definition) is 4. The average Bonchev–Trinajstić information content (AvgIpc) is 3.31. The van der Waals surface area contributed by atoms with Crippen LogP contribution in [0.1, 0.15) is 245 Å². The number of ether oxygens (including phenoxy) is 4. The second-order valence-electron chi connectivity index (χ2n) is 19.2. The van der Waals surface area contributed by atoms with Crippen LogP contribution in [0.2, 0.25) is 0 Å². The van der Waals surface area contributed by atoms with Crippen molar-refractivity contribution < 1.29 is 56.2 Å². The maximum Gasteiger partial charge on any atom is 0.397 e. The van der Waals surface area contributed by atoms with Crippen LogP contribution in [0.4, 0.5) is 0 Å². The van der Waals surface area contributed by atoms with Crippen molar-refractivity contribution in [3.05, 3.63) is 36.5 Å². The Morgan fingerprint density at radius 1 is 0.574 bits per heavy atom. The molecule has 0 aromatic rings. The fourth-order valence-corrected chi connectivity index (χ4v) is 9.14. The quantitative estimate of drug-likeness (QED) is 0.0197. The summed E-state index contributed by atoms with van der Waals surface area (Å²) in [7, 11) is -5.07. The number of aliphatic hydroxyl groups is 3. The highest BCUT2D eigenvalue weighted by Gasteiger charge is 2.48. The standard InChI is InChI=1S/C55H102O12S/c1-3-5-7-9-11-13-15-17-19-20-21-22-23-24-25-26-27-28-29-31-33-35-37-39-41-43-45-63-47-49(48-64-55-53(59)54(67-68(60,61)62)52(58)50(46-56)66-55)65-51(57)44-42-40-38-36-34-32-30-18-16-14-12-10-8-6-4-2/h6,8,12,14,18,30,49-50,52-56,58-59H,3-5,7,9-11,13,15-17,19-29,31-48H2,1-2H3,(H,60,61,62)/b8-6-,14-12-,30-18-. The summed E-state index contributed by atoms with van der Waals surface area (Å²) >= 11 is 0. The molecule has 12 nitrogen and oxygen atoms in total. The van der Waals surface area contributed by atoms with Crippen LogP contribution in [-0.2, 0) is 38.3 Å². The molecule has 0 aliphatic carbocycles. The van der Waals surface area contributed by atoms with E-state index in [-0.39, 0.29) is 19.6 Å². The number of hydrogen-bond acceptors (Lipinski definition) is 11. The molecule has 6 unspecified atom stereocenters. The highest BCUT2D eigenvalue weighted by atomic mass is 32.3. The molecule has 6 atom stereocenters. The van der Waals surface area contributed by atoms with E-state index in [0.717, 1.165) is 70.6 Å². The number of esters is 1. The lowest BCUT2D eigenvalue weighted by atomic mass is 9.99. The Labute approximate surface area is 415 Å². The molecule has 0 saturated carbocycles. The number of allylic oxidation sites excluding steroid dienone is 6. The van der Waals surface area contributed by atoms with E-state index in [9.17, 15) is 33.1 Å². The maximum absolute atomic E-state index is 12.9. The summed E-state index contributed by atoms with van der Waals surface area (Å²) in [4.78, 5) is 12.9. The zero-order valence-electron chi connectivity index (χ0n) is 43.2. The summed E-state index contributed by atoms with van der Waals surface area (Å²) in [6.07, 6.45) is 47.7. The Morgan fingerprint density at radius 2 is 1.01 bits per heavy atom. The number of rotatable bonds is 49. The van der Waals surface area contributed by atoms with Gasteiger partial charge in [0.1, 0.15) is 30.5 Å². The molecular formula is C55H102O12S. The largest absolute Gasteiger partial charge is 0.457 e. The molecule has 0 aromatic heterocycles. The minimum absolute atomic E-state index is 0.0320. The van der Waals surface area contributed by atoms with Crippen molar-refractivity contribution >= 4 is 16.4 Å². The molecule has 1 aliphatic rings. The van der Waals surface area contributed by atoms with Crippen molar-refractivity contribution in [3.63, 3.8) is 0 Å².